The Morgan fingerprint density at radius 3 is 1.53 bits per heavy atom. The summed E-state index contributed by atoms with van der Waals surface area (Å²) in [5.41, 5.74) is 4.29. The lowest BCUT2D eigenvalue weighted by Crippen LogP contribution is -2.13. The molecule has 12 nitrogen and oxygen atoms in total. The molecule has 0 saturated carbocycles. The van der Waals surface area contributed by atoms with E-state index in [9.17, 15) is 33.1 Å². The molecule has 0 radical (unpaired) electrons. The second kappa shape index (κ2) is 18.2. The van der Waals surface area contributed by atoms with Crippen LogP contribution in [0.5, 0.6) is 11.5 Å². The Hall–Kier alpha value is -7.48. The molecule has 0 aliphatic rings. The first-order valence-corrected chi connectivity index (χ1v) is 18.0. The van der Waals surface area contributed by atoms with Gasteiger partial charge in [0.25, 0.3) is 0 Å². The van der Waals surface area contributed by atoms with E-state index < -0.39 is 17.7 Å². The number of rotatable bonds is 11. The Kier molecular flexibility index (Phi) is 12.7. The Bertz CT molecular complexity index is 2710. The summed E-state index contributed by atoms with van der Waals surface area (Å²) in [7, 11) is 2.39. The van der Waals surface area contributed by atoms with E-state index in [1.807, 2.05) is 30.3 Å². The predicted molar refractivity (Wildman–Crippen MR) is 213 cm³/mol. The number of fused-ring (bicyclic) bond motifs is 2. The smallest absolute Gasteiger partial charge is 0.360 e. The molecule has 0 aliphatic carbocycles. The molecule has 0 spiro atoms. The van der Waals surface area contributed by atoms with Gasteiger partial charge in [-0.25, -0.2) is 28.3 Å². The van der Waals surface area contributed by atoms with Crippen molar-refractivity contribution in [3.63, 3.8) is 0 Å². The van der Waals surface area contributed by atoms with Gasteiger partial charge in [-0.15, -0.1) is 0 Å². The van der Waals surface area contributed by atoms with Crippen molar-refractivity contribution in [2.75, 3.05) is 14.2 Å². The molecule has 4 heterocycles. The monoisotopic (exact) mass is 798 g/mol. The van der Waals surface area contributed by atoms with E-state index in [1.54, 1.807) is 42.6 Å². The highest BCUT2D eigenvalue weighted by Gasteiger charge is 2.25. The Balaban J connectivity index is 0.000000204. The molecule has 0 atom stereocenters. The summed E-state index contributed by atoms with van der Waals surface area (Å²) in [5, 5.41) is 11.1. The van der Waals surface area contributed by atoms with Crippen LogP contribution in [0.4, 0.5) is 8.78 Å². The van der Waals surface area contributed by atoms with E-state index in [2.05, 4.69) is 24.7 Å². The normalized spacial score (nSPS) is 10.7. The summed E-state index contributed by atoms with van der Waals surface area (Å²) in [6, 6.07) is 25.1. The number of aromatic nitrogens is 4. The zero-order chi connectivity index (χ0) is 42.2. The molecule has 7 aromatic rings. The summed E-state index contributed by atoms with van der Waals surface area (Å²) in [5.74, 6) is -3.20. The number of ketones is 2. The molecule has 14 heteroatoms. The van der Waals surface area contributed by atoms with Gasteiger partial charge in [0.15, 0.2) is 34.5 Å². The first-order chi connectivity index (χ1) is 28.4. The first-order valence-electron chi connectivity index (χ1n) is 18.0. The number of hydrogen-bond acceptors (Lipinski definition) is 12. The van der Waals surface area contributed by atoms with Gasteiger partial charge in [0, 0.05) is 37.0 Å². The number of Topliss-reactive ketones (excluding diaryl/α,β-unsaturated/α-hetero) is 2. The first kappa shape index (κ1) is 41.2. The number of hydrogen-bond donors (Lipinski definition) is 1. The highest BCUT2D eigenvalue weighted by Crippen LogP contribution is 2.33. The minimum atomic E-state index is -0.857. The quantitative estimate of drug-likeness (QED) is 0.0991. The number of aromatic hydroxyl groups is 1. The van der Waals surface area contributed by atoms with Gasteiger partial charge >= 0.3 is 11.9 Å². The van der Waals surface area contributed by atoms with E-state index >= 15 is 0 Å². The molecule has 7 rings (SSSR count). The average Bonchev–Trinajstić information content (AvgIpc) is 3.24. The third-order valence-electron chi connectivity index (χ3n) is 9.02. The van der Waals surface area contributed by atoms with Gasteiger partial charge in [-0.05, 0) is 77.1 Å². The van der Waals surface area contributed by atoms with Crippen LogP contribution in [0.3, 0.4) is 0 Å². The molecule has 0 bridgehead atoms. The SMILES string of the molecule is COC(=O)c1nc(C(C)=O)c2cc(Cc3ccc(F)cc3)cnc2c1O.COC(=O)c1nc(C(C)=O)c2cc(Cc3ccc(F)cc3)cnc2c1OCc1ccccc1. The molecule has 4 aromatic heterocycles. The maximum absolute atomic E-state index is 13.2. The summed E-state index contributed by atoms with van der Waals surface area (Å²) in [6.45, 7) is 2.87. The van der Waals surface area contributed by atoms with Gasteiger partial charge < -0.3 is 19.3 Å². The fourth-order valence-electron chi connectivity index (χ4n) is 6.17. The number of carbonyl (C=O) groups is 4. The molecule has 0 unspecified atom stereocenters. The molecule has 0 aliphatic heterocycles. The summed E-state index contributed by atoms with van der Waals surface area (Å²) in [6.07, 6.45) is 4.11. The van der Waals surface area contributed by atoms with Crippen molar-refractivity contribution in [2.45, 2.75) is 33.3 Å². The van der Waals surface area contributed by atoms with E-state index in [0.717, 1.165) is 34.9 Å². The zero-order valence-corrected chi connectivity index (χ0v) is 32.3. The largest absolute Gasteiger partial charge is 0.504 e. The lowest BCUT2D eigenvalue weighted by molar-refractivity contribution is 0.0580. The van der Waals surface area contributed by atoms with Crippen molar-refractivity contribution in [2.24, 2.45) is 0 Å². The lowest BCUT2D eigenvalue weighted by Gasteiger charge is -2.15. The second-order valence-corrected chi connectivity index (χ2v) is 13.3. The van der Waals surface area contributed by atoms with Gasteiger partial charge in [0.05, 0.1) is 14.2 Å². The van der Waals surface area contributed by atoms with Gasteiger partial charge in [-0.1, -0.05) is 54.6 Å². The highest BCUT2D eigenvalue weighted by molar-refractivity contribution is 6.10. The van der Waals surface area contributed by atoms with Gasteiger partial charge in [-0.3, -0.25) is 19.6 Å². The minimum Gasteiger partial charge on any atom is -0.504 e. The van der Waals surface area contributed by atoms with E-state index in [1.165, 1.54) is 51.4 Å². The number of ether oxygens (including phenoxy) is 3. The number of pyridine rings is 4. The molecule has 0 fully saturated rings. The molecule has 0 amide bonds. The number of methoxy groups -OCH3 is 2. The maximum Gasteiger partial charge on any atom is 0.360 e. The van der Waals surface area contributed by atoms with Crippen molar-refractivity contribution in [1.29, 1.82) is 0 Å². The Morgan fingerprint density at radius 1 is 0.576 bits per heavy atom. The van der Waals surface area contributed by atoms with Crippen molar-refractivity contribution < 1.29 is 47.3 Å². The van der Waals surface area contributed by atoms with Crippen LogP contribution in [0, 0.1) is 11.6 Å². The average molecular weight is 799 g/mol. The van der Waals surface area contributed by atoms with Crippen molar-refractivity contribution >= 4 is 45.3 Å². The summed E-state index contributed by atoms with van der Waals surface area (Å²) < 4.78 is 41.7. The molecular weight excluding hydrogens is 763 g/mol. The third-order valence-corrected chi connectivity index (χ3v) is 9.02. The van der Waals surface area contributed by atoms with Gasteiger partial charge in [0.2, 0.25) is 0 Å². The fraction of sp³-hybridized carbons (Fsp3) is 0.156. The standard InChI is InChI=1S/C26H21FN2O4.C19H15FN2O4/c1-16(30)22-21-13-19(12-17-8-10-20(27)11-9-17)14-28-23(21)25(24(29-22)26(31)32-2)33-15-18-6-4-3-5-7-18;1-10(23)15-14-8-12(7-11-3-5-13(20)6-4-11)9-21-16(14)18(24)17(22-15)19(25)26-2/h3-11,13-14H,12,15H2,1-2H3;3-6,8-9,24H,7H2,1-2H3. The number of benzene rings is 3. The van der Waals surface area contributed by atoms with Crippen LogP contribution in [0.25, 0.3) is 21.8 Å². The van der Waals surface area contributed by atoms with Crippen LogP contribution in [-0.2, 0) is 28.9 Å². The highest BCUT2D eigenvalue weighted by atomic mass is 19.1. The van der Waals surface area contributed by atoms with Crippen molar-refractivity contribution in [1.82, 2.24) is 19.9 Å². The van der Waals surface area contributed by atoms with Crippen LogP contribution in [-0.4, -0.2) is 62.8 Å². The minimum absolute atomic E-state index is 0.0201. The zero-order valence-electron chi connectivity index (χ0n) is 32.3. The number of esters is 2. The van der Waals surface area contributed by atoms with Crippen molar-refractivity contribution in [3.05, 3.63) is 166 Å². The van der Waals surface area contributed by atoms with E-state index in [0.29, 0.717) is 29.1 Å². The predicted octanol–water partition coefficient (Wildman–Crippen LogP) is 7.98. The second-order valence-electron chi connectivity index (χ2n) is 13.3. The van der Waals surface area contributed by atoms with E-state index in [4.69, 9.17) is 9.47 Å². The molecular formula is C45H36F2N4O8. The number of nitrogens with zero attached hydrogens (tertiary/aromatic N) is 4. The van der Waals surface area contributed by atoms with Gasteiger partial charge in [-0.2, -0.15) is 0 Å². The molecule has 298 valence electrons. The summed E-state index contributed by atoms with van der Waals surface area (Å²) in [4.78, 5) is 65.6. The van der Waals surface area contributed by atoms with Crippen LogP contribution in [0.1, 0.15) is 83.6 Å². The fourth-order valence-corrected chi connectivity index (χ4v) is 6.17. The van der Waals surface area contributed by atoms with Crippen molar-refractivity contribution in [3.8, 4) is 11.5 Å². The maximum atomic E-state index is 13.2. The van der Waals surface area contributed by atoms with Crippen LogP contribution < -0.4 is 4.74 Å². The number of carbonyl (C=O) groups excluding carboxylic acids is 4. The number of halogens is 2. The Morgan fingerprint density at radius 2 is 1.03 bits per heavy atom. The lowest BCUT2D eigenvalue weighted by atomic mass is 10.0. The molecule has 1 N–H and O–H groups in total. The Labute approximate surface area is 336 Å². The van der Waals surface area contributed by atoms with Crippen LogP contribution in [0.2, 0.25) is 0 Å². The van der Waals surface area contributed by atoms with E-state index in [-0.39, 0.29) is 63.8 Å². The van der Waals surface area contributed by atoms with Crippen LogP contribution in [0.15, 0.2) is 103 Å². The van der Waals surface area contributed by atoms with Gasteiger partial charge in [0.1, 0.15) is 40.7 Å². The topological polar surface area (TPSA) is 168 Å². The summed E-state index contributed by atoms with van der Waals surface area (Å²) >= 11 is 0. The molecule has 59 heavy (non-hydrogen) atoms. The molecule has 0 saturated heterocycles. The molecule has 3 aromatic carbocycles. The third kappa shape index (κ3) is 9.56. The van der Waals surface area contributed by atoms with Crippen LogP contribution >= 0.6 is 0 Å².